The number of hydrogen-bond donors (Lipinski definition) is 3. The number of H-pyrrole nitrogens is 1. The van der Waals surface area contributed by atoms with Gasteiger partial charge in [0.05, 0.1) is 0 Å². The number of phenols is 1. The Morgan fingerprint density at radius 3 is 2.55 bits per heavy atom. The van der Waals surface area contributed by atoms with Crippen LogP contribution >= 0.6 is 0 Å². The van der Waals surface area contributed by atoms with E-state index in [0.717, 1.165) is 17.0 Å². The minimum Gasteiger partial charge on any atom is -0.508 e. The topological polar surface area (TPSA) is 87.1 Å². The Kier molecular flexibility index (Phi) is 5.04. The summed E-state index contributed by atoms with van der Waals surface area (Å²) < 4.78 is 1.58. The highest BCUT2D eigenvalue weighted by molar-refractivity contribution is 5.75. The number of aromatic hydroxyl groups is 1. The normalized spacial score (nSPS) is 10.6. The molecule has 0 aliphatic carbocycles. The summed E-state index contributed by atoms with van der Waals surface area (Å²) in [6.07, 6.45) is 0.974. The molecule has 0 radical (unpaired) electrons. The van der Waals surface area contributed by atoms with Gasteiger partial charge in [0.2, 0.25) is 5.91 Å². The van der Waals surface area contributed by atoms with E-state index in [1.807, 2.05) is 26.0 Å². The number of aryl methyl sites for hydroxylation is 1. The fraction of sp³-hybridized carbons (Fsp3) is 0.375. The lowest BCUT2D eigenvalue weighted by Gasteiger charge is -2.07. The standard InChI is InChI=1S/C16H21N3O3/c1-11-12(2)19(16(22)18-11)10-8-15(21)17-9-7-13-3-5-14(20)6-4-13/h3-6,20H,7-10H2,1-2H3,(H,17,21)(H,18,22). The summed E-state index contributed by atoms with van der Waals surface area (Å²) in [5.74, 6) is 0.152. The zero-order valence-corrected chi connectivity index (χ0v) is 12.8. The van der Waals surface area contributed by atoms with Crippen LogP contribution in [0.15, 0.2) is 29.1 Å². The fourth-order valence-electron chi connectivity index (χ4n) is 2.25. The van der Waals surface area contributed by atoms with Crippen LogP contribution in [-0.2, 0) is 17.8 Å². The smallest absolute Gasteiger partial charge is 0.325 e. The summed E-state index contributed by atoms with van der Waals surface area (Å²) in [5.41, 5.74) is 2.57. The van der Waals surface area contributed by atoms with E-state index in [1.54, 1.807) is 16.7 Å². The van der Waals surface area contributed by atoms with Crippen LogP contribution in [0.4, 0.5) is 0 Å². The predicted octanol–water partition coefficient (Wildman–Crippen LogP) is 1.25. The van der Waals surface area contributed by atoms with Gasteiger partial charge in [-0.3, -0.25) is 9.36 Å². The lowest BCUT2D eigenvalue weighted by atomic mass is 10.1. The Balaban J connectivity index is 1.76. The number of amides is 1. The van der Waals surface area contributed by atoms with Crippen molar-refractivity contribution in [1.29, 1.82) is 0 Å². The first-order valence-electron chi connectivity index (χ1n) is 7.28. The van der Waals surface area contributed by atoms with Crippen LogP contribution in [0.25, 0.3) is 0 Å². The highest BCUT2D eigenvalue weighted by Gasteiger charge is 2.08. The van der Waals surface area contributed by atoms with E-state index in [9.17, 15) is 14.7 Å². The van der Waals surface area contributed by atoms with Crippen LogP contribution in [0.2, 0.25) is 0 Å². The molecule has 0 saturated carbocycles. The van der Waals surface area contributed by atoms with Crippen LogP contribution in [0.3, 0.4) is 0 Å². The Morgan fingerprint density at radius 2 is 1.95 bits per heavy atom. The van der Waals surface area contributed by atoms with Crippen molar-refractivity contribution in [2.24, 2.45) is 0 Å². The average Bonchev–Trinajstić information content (AvgIpc) is 2.72. The molecule has 1 amide bonds. The lowest BCUT2D eigenvalue weighted by molar-refractivity contribution is -0.121. The SMILES string of the molecule is Cc1[nH]c(=O)n(CCC(=O)NCCc2ccc(O)cc2)c1C. The maximum absolute atomic E-state index is 11.8. The molecule has 118 valence electrons. The van der Waals surface area contributed by atoms with E-state index >= 15 is 0 Å². The van der Waals surface area contributed by atoms with Gasteiger partial charge in [0, 0.05) is 30.9 Å². The highest BCUT2D eigenvalue weighted by atomic mass is 16.3. The van der Waals surface area contributed by atoms with Gasteiger partial charge in [0.25, 0.3) is 0 Å². The summed E-state index contributed by atoms with van der Waals surface area (Å²) in [5, 5.41) is 12.0. The second kappa shape index (κ2) is 6.98. The third kappa shape index (κ3) is 4.00. The molecule has 6 heteroatoms. The zero-order valence-electron chi connectivity index (χ0n) is 12.8. The third-order valence-electron chi connectivity index (χ3n) is 3.72. The molecule has 6 nitrogen and oxygen atoms in total. The van der Waals surface area contributed by atoms with Crippen LogP contribution in [0, 0.1) is 13.8 Å². The van der Waals surface area contributed by atoms with Gasteiger partial charge >= 0.3 is 5.69 Å². The van der Waals surface area contributed by atoms with E-state index in [1.165, 1.54) is 0 Å². The molecule has 0 unspecified atom stereocenters. The van der Waals surface area contributed by atoms with Gasteiger partial charge < -0.3 is 15.4 Å². The molecule has 2 rings (SSSR count). The second-order valence-electron chi connectivity index (χ2n) is 5.31. The Hall–Kier alpha value is -2.50. The molecule has 1 heterocycles. The number of aromatic amines is 1. The predicted molar refractivity (Wildman–Crippen MR) is 84.0 cm³/mol. The van der Waals surface area contributed by atoms with Crippen molar-refractivity contribution >= 4 is 5.91 Å². The summed E-state index contributed by atoms with van der Waals surface area (Å²) in [6.45, 7) is 4.60. The number of nitrogens with one attached hydrogen (secondary N) is 2. The molecule has 0 aliphatic rings. The van der Waals surface area contributed by atoms with Gasteiger partial charge in [-0.2, -0.15) is 0 Å². The zero-order chi connectivity index (χ0) is 16.1. The molecule has 2 aromatic rings. The van der Waals surface area contributed by atoms with E-state index in [0.29, 0.717) is 19.5 Å². The second-order valence-corrected chi connectivity index (χ2v) is 5.31. The van der Waals surface area contributed by atoms with Gasteiger partial charge in [-0.15, -0.1) is 0 Å². The lowest BCUT2D eigenvalue weighted by Crippen LogP contribution is -2.28. The van der Waals surface area contributed by atoms with Crippen molar-refractivity contribution in [3.05, 3.63) is 51.7 Å². The number of hydrogen-bond acceptors (Lipinski definition) is 3. The van der Waals surface area contributed by atoms with Gasteiger partial charge in [-0.25, -0.2) is 4.79 Å². The molecular weight excluding hydrogens is 282 g/mol. The van der Waals surface area contributed by atoms with Crippen molar-refractivity contribution in [3.8, 4) is 5.75 Å². The number of carbonyl (C=O) groups excluding carboxylic acids is 1. The van der Waals surface area contributed by atoms with Crippen molar-refractivity contribution in [2.45, 2.75) is 33.2 Å². The largest absolute Gasteiger partial charge is 0.508 e. The van der Waals surface area contributed by atoms with Gasteiger partial charge in [-0.1, -0.05) is 12.1 Å². The van der Waals surface area contributed by atoms with Crippen LogP contribution in [-0.4, -0.2) is 27.1 Å². The number of aromatic nitrogens is 2. The van der Waals surface area contributed by atoms with Crippen molar-refractivity contribution in [2.75, 3.05) is 6.54 Å². The molecule has 3 N–H and O–H groups in total. The maximum Gasteiger partial charge on any atom is 0.325 e. The quantitative estimate of drug-likeness (QED) is 0.750. The Labute approximate surface area is 128 Å². The van der Waals surface area contributed by atoms with E-state index in [-0.39, 0.29) is 23.8 Å². The molecule has 1 aromatic heterocycles. The minimum absolute atomic E-state index is 0.0797. The maximum atomic E-state index is 11.8. The summed E-state index contributed by atoms with van der Waals surface area (Å²) >= 11 is 0. The number of rotatable bonds is 6. The number of nitrogens with zero attached hydrogens (tertiary/aromatic N) is 1. The van der Waals surface area contributed by atoms with Crippen molar-refractivity contribution in [3.63, 3.8) is 0 Å². The fourth-order valence-corrected chi connectivity index (χ4v) is 2.25. The summed E-state index contributed by atoms with van der Waals surface area (Å²) in [6, 6.07) is 6.90. The molecular formula is C16H21N3O3. The number of benzene rings is 1. The van der Waals surface area contributed by atoms with E-state index in [4.69, 9.17) is 0 Å². The molecule has 22 heavy (non-hydrogen) atoms. The molecule has 0 fully saturated rings. The van der Waals surface area contributed by atoms with Crippen LogP contribution < -0.4 is 11.0 Å². The Morgan fingerprint density at radius 1 is 1.27 bits per heavy atom. The monoisotopic (exact) mass is 303 g/mol. The summed E-state index contributed by atoms with van der Waals surface area (Å²) in [4.78, 5) is 26.2. The average molecular weight is 303 g/mol. The molecule has 0 atom stereocenters. The van der Waals surface area contributed by atoms with Gasteiger partial charge in [0.1, 0.15) is 5.75 Å². The molecule has 0 spiro atoms. The van der Waals surface area contributed by atoms with Gasteiger partial charge in [-0.05, 0) is 38.0 Å². The van der Waals surface area contributed by atoms with Crippen molar-refractivity contribution < 1.29 is 9.90 Å². The van der Waals surface area contributed by atoms with Gasteiger partial charge in [0.15, 0.2) is 0 Å². The molecule has 1 aromatic carbocycles. The minimum atomic E-state index is -0.174. The van der Waals surface area contributed by atoms with E-state index in [2.05, 4.69) is 10.3 Å². The number of imidazole rings is 1. The Bertz CT molecular complexity index is 698. The first-order valence-corrected chi connectivity index (χ1v) is 7.28. The molecule has 0 bridgehead atoms. The highest BCUT2D eigenvalue weighted by Crippen LogP contribution is 2.09. The number of carbonyl (C=O) groups is 1. The molecule has 0 aliphatic heterocycles. The van der Waals surface area contributed by atoms with Crippen molar-refractivity contribution in [1.82, 2.24) is 14.9 Å². The number of phenolic OH excluding ortho intramolecular Hbond substituents is 1. The van der Waals surface area contributed by atoms with Crippen LogP contribution in [0.1, 0.15) is 23.4 Å². The first-order chi connectivity index (χ1) is 10.5. The van der Waals surface area contributed by atoms with E-state index < -0.39 is 0 Å². The van der Waals surface area contributed by atoms with Crippen LogP contribution in [0.5, 0.6) is 5.75 Å². The first kappa shape index (κ1) is 15.9. The molecule has 0 saturated heterocycles. The summed E-state index contributed by atoms with van der Waals surface area (Å²) in [7, 11) is 0. The third-order valence-corrected chi connectivity index (χ3v) is 3.72.